The fourth-order valence-corrected chi connectivity index (χ4v) is 2.70. The monoisotopic (exact) mass is 293 g/mol. The first kappa shape index (κ1) is 18.3. The van der Waals surface area contributed by atoms with Gasteiger partial charge in [-0.3, -0.25) is 4.79 Å². The molecule has 0 aliphatic heterocycles. The molecule has 1 atom stereocenters. The Kier molecular flexibility index (Phi) is 8.20. The number of hydrogen-bond acceptors (Lipinski definition) is 4. The van der Waals surface area contributed by atoms with Crippen LogP contribution in [0, 0.1) is 5.92 Å². The van der Waals surface area contributed by atoms with Gasteiger partial charge in [-0.25, -0.2) is 12.7 Å². The third-order valence-corrected chi connectivity index (χ3v) is 4.15. The average Bonchev–Trinajstić information content (AvgIpc) is 2.25. The molecule has 7 heteroatoms. The molecule has 0 aromatic heterocycles. The van der Waals surface area contributed by atoms with Gasteiger partial charge in [0.15, 0.2) is 0 Å². The lowest BCUT2D eigenvalue weighted by Gasteiger charge is -2.18. The molecule has 0 radical (unpaired) electrons. The molecular weight excluding hydrogens is 266 g/mol. The molecule has 0 aromatic rings. The first-order valence-electron chi connectivity index (χ1n) is 6.66. The molecule has 3 N–H and O–H groups in total. The van der Waals surface area contributed by atoms with Crippen LogP contribution in [0.1, 0.15) is 33.6 Å². The van der Waals surface area contributed by atoms with E-state index < -0.39 is 16.1 Å². The third kappa shape index (κ3) is 8.18. The van der Waals surface area contributed by atoms with Crippen LogP contribution >= 0.6 is 0 Å². The highest BCUT2D eigenvalue weighted by atomic mass is 32.2. The molecule has 0 rings (SSSR count). The van der Waals surface area contributed by atoms with Gasteiger partial charge in [0.1, 0.15) is 0 Å². The van der Waals surface area contributed by atoms with Gasteiger partial charge < -0.3 is 11.1 Å². The van der Waals surface area contributed by atoms with Gasteiger partial charge in [-0.05, 0) is 18.8 Å². The van der Waals surface area contributed by atoms with Crippen molar-refractivity contribution in [3.05, 3.63) is 0 Å². The van der Waals surface area contributed by atoms with Gasteiger partial charge in [0.25, 0.3) is 0 Å². The zero-order valence-electron chi connectivity index (χ0n) is 12.3. The molecule has 0 saturated carbocycles. The Balaban J connectivity index is 3.95. The first-order chi connectivity index (χ1) is 8.68. The van der Waals surface area contributed by atoms with Gasteiger partial charge in [-0.1, -0.05) is 20.8 Å². The van der Waals surface area contributed by atoms with Crippen molar-refractivity contribution in [3.8, 4) is 0 Å². The van der Waals surface area contributed by atoms with Crippen LogP contribution in [0.15, 0.2) is 0 Å². The molecule has 0 aromatic carbocycles. The molecule has 114 valence electrons. The van der Waals surface area contributed by atoms with E-state index in [0.717, 1.165) is 0 Å². The number of nitrogens with zero attached hydrogens (tertiary/aromatic N) is 1. The van der Waals surface area contributed by atoms with E-state index in [9.17, 15) is 13.2 Å². The van der Waals surface area contributed by atoms with Crippen LogP contribution in [-0.4, -0.2) is 50.6 Å². The van der Waals surface area contributed by atoms with Crippen LogP contribution in [0.4, 0.5) is 0 Å². The van der Waals surface area contributed by atoms with Gasteiger partial charge in [0.2, 0.25) is 15.9 Å². The summed E-state index contributed by atoms with van der Waals surface area (Å²) in [4.78, 5) is 11.6. The molecule has 0 aliphatic carbocycles. The zero-order chi connectivity index (χ0) is 15.1. The number of nitrogens with one attached hydrogen (secondary N) is 1. The Bertz CT molecular complexity index is 368. The molecule has 0 spiro atoms. The van der Waals surface area contributed by atoms with Crippen LogP contribution in [0.3, 0.4) is 0 Å². The lowest BCUT2D eigenvalue weighted by Crippen LogP contribution is -2.42. The smallest absolute Gasteiger partial charge is 0.236 e. The minimum Gasteiger partial charge on any atom is -0.355 e. The van der Waals surface area contributed by atoms with Crippen molar-refractivity contribution < 1.29 is 13.2 Å². The van der Waals surface area contributed by atoms with E-state index in [1.165, 1.54) is 10.6 Å². The van der Waals surface area contributed by atoms with E-state index in [0.29, 0.717) is 38.4 Å². The SMILES string of the molecule is CCN(CCCNC(=O)C(N)CC(C)C)S(C)(=O)=O. The fourth-order valence-electron chi connectivity index (χ4n) is 1.77. The Hall–Kier alpha value is -0.660. The summed E-state index contributed by atoms with van der Waals surface area (Å²) in [6.07, 6.45) is 2.42. The number of nitrogens with two attached hydrogens (primary N) is 1. The second-order valence-corrected chi connectivity index (χ2v) is 7.12. The van der Waals surface area contributed by atoms with Gasteiger partial charge in [0, 0.05) is 19.6 Å². The molecule has 0 fully saturated rings. The Morgan fingerprint density at radius 1 is 1.37 bits per heavy atom. The molecular formula is C12H27N3O3S. The molecule has 1 unspecified atom stereocenters. The number of amides is 1. The second-order valence-electron chi connectivity index (χ2n) is 5.14. The highest BCUT2D eigenvalue weighted by molar-refractivity contribution is 7.88. The highest BCUT2D eigenvalue weighted by Crippen LogP contribution is 2.02. The lowest BCUT2D eigenvalue weighted by atomic mass is 10.0. The first-order valence-corrected chi connectivity index (χ1v) is 8.51. The fraction of sp³-hybridized carbons (Fsp3) is 0.917. The quantitative estimate of drug-likeness (QED) is 0.592. The van der Waals surface area contributed by atoms with E-state index in [4.69, 9.17) is 5.73 Å². The Morgan fingerprint density at radius 2 is 1.95 bits per heavy atom. The molecule has 0 heterocycles. The number of carbonyl (C=O) groups is 1. The van der Waals surface area contributed by atoms with Crippen LogP contribution in [0.5, 0.6) is 0 Å². The average molecular weight is 293 g/mol. The maximum atomic E-state index is 11.6. The summed E-state index contributed by atoms with van der Waals surface area (Å²) in [5.41, 5.74) is 5.74. The van der Waals surface area contributed by atoms with Crippen molar-refractivity contribution in [2.75, 3.05) is 25.9 Å². The summed E-state index contributed by atoms with van der Waals surface area (Å²) in [5.74, 6) is 0.206. The minimum atomic E-state index is -3.15. The molecule has 19 heavy (non-hydrogen) atoms. The predicted octanol–water partition coefficient (Wildman–Crippen LogP) is 0.148. The molecule has 0 saturated heterocycles. The summed E-state index contributed by atoms with van der Waals surface area (Å²) >= 11 is 0. The van der Waals surface area contributed by atoms with Crippen molar-refractivity contribution in [1.29, 1.82) is 0 Å². The van der Waals surface area contributed by atoms with Crippen molar-refractivity contribution in [2.24, 2.45) is 11.7 Å². The van der Waals surface area contributed by atoms with Crippen molar-refractivity contribution in [1.82, 2.24) is 9.62 Å². The lowest BCUT2D eigenvalue weighted by molar-refractivity contribution is -0.122. The Morgan fingerprint density at radius 3 is 2.37 bits per heavy atom. The van der Waals surface area contributed by atoms with E-state index in [1.807, 2.05) is 13.8 Å². The molecule has 0 bridgehead atoms. The summed E-state index contributed by atoms with van der Waals surface area (Å²) in [6.45, 7) is 7.11. The summed E-state index contributed by atoms with van der Waals surface area (Å²) in [5, 5.41) is 2.73. The second kappa shape index (κ2) is 8.50. The van der Waals surface area contributed by atoms with Gasteiger partial charge in [-0.15, -0.1) is 0 Å². The van der Waals surface area contributed by atoms with Gasteiger partial charge in [-0.2, -0.15) is 0 Å². The van der Waals surface area contributed by atoms with E-state index >= 15 is 0 Å². The third-order valence-electron chi connectivity index (χ3n) is 2.77. The zero-order valence-corrected chi connectivity index (χ0v) is 13.2. The summed E-state index contributed by atoms with van der Waals surface area (Å²) in [7, 11) is -3.15. The van der Waals surface area contributed by atoms with Crippen LogP contribution in [0.2, 0.25) is 0 Å². The number of carbonyl (C=O) groups excluding carboxylic acids is 1. The van der Waals surface area contributed by atoms with Crippen molar-refractivity contribution in [2.45, 2.75) is 39.7 Å². The van der Waals surface area contributed by atoms with E-state index in [2.05, 4.69) is 5.32 Å². The summed E-state index contributed by atoms with van der Waals surface area (Å²) in [6, 6.07) is -0.489. The van der Waals surface area contributed by atoms with Crippen LogP contribution in [-0.2, 0) is 14.8 Å². The molecule has 6 nitrogen and oxygen atoms in total. The standard InChI is InChI=1S/C12H27N3O3S/c1-5-15(19(4,17)18)8-6-7-14-12(16)11(13)9-10(2)3/h10-11H,5-9,13H2,1-4H3,(H,14,16). The highest BCUT2D eigenvalue weighted by Gasteiger charge is 2.16. The van der Waals surface area contributed by atoms with Crippen molar-refractivity contribution in [3.63, 3.8) is 0 Å². The minimum absolute atomic E-state index is 0.170. The topological polar surface area (TPSA) is 92.5 Å². The maximum absolute atomic E-state index is 11.6. The van der Waals surface area contributed by atoms with E-state index in [1.54, 1.807) is 6.92 Å². The normalized spacial score (nSPS) is 13.8. The Labute approximate surface area is 116 Å². The maximum Gasteiger partial charge on any atom is 0.236 e. The van der Waals surface area contributed by atoms with Crippen LogP contribution < -0.4 is 11.1 Å². The number of rotatable bonds is 9. The summed E-state index contributed by atoms with van der Waals surface area (Å²) < 4.78 is 24.1. The van der Waals surface area contributed by atoms with E-state index in [-0.39, 0.29) is 5.91 Å². The van der Waals surface area contributed by atoms with Crippen LogP contribution in [0.25, 0.3) is 0 Å². The van der Waals surface area contributed by atoms with Gasteiger partial charge >= 0.3 is 0 Å². The van der Waals surface area contributed by atoms with Gasteiger partial charge in [0.05, 0.1) is 12.3 Å². The van der Waals surface area contributed by atoms with Crippen molar-refractivity contribution >= 4 is 15.9 Å². The number of sulfonamides is 1. The molecule has 0 aliphatic rings. The number of hydrogen-bond donors (Lipinski definition) is 2. The molecule has 1 amide bonds. The predicted molar refractivity (Wildman–Crippen MR) is 77.1 cm³/mol. The largest absolute Gasteiger partial charge is 0.355 e.